The van der Waals surface area contributed by atoms with Gasteiger partial charge in [-0.05, 0) is 24.1 Å². The molecule has 0 aromatic heterocycles. The molecule has 28 heavy (non-hydrogen) atoms. The van der Waals surface area contributed by atoms with Gasteiger partial charge in [-0.25, -0.2) is 4.79 Å². The van der Waals surface area contributed by atoms with Crippen LogP contribution >= 0.6 is 0 Å². The minimum absolute atomic E-state index is 0.0400. The maximum absolute atomic E-state index is 12.4. The summed E-state index contributed by atoms with van der Waals surface area (Å²) in [6.07, 6.45) is 1.02. The van der Waals surface area contributed by atoms with E-state index in [9.17, 15) is 9.59 Å². The van der Waals surface area contributed by atoms with Gasteiger partial charge in [-0.3, -0.25) is 4.79 Å². The van der Waals surface area contributed by atoms with E-state index in [1.807, 2.05) is 36.4 Å². The van der Waals surface area contributed by atoms with Gasteiger partial charge >= 0.3 is 6.03 Å². The second-order valence-electron chi connectivity index (χ2n) is 6.58. The highest BCUT2D eigenvalue weighted by molar-refractivity contribution is 5.97. The van der Waals surface area contributed by atoms with Gasteiger partial charge < -0.3 is 25.0 Å². The van der Waals surface area contributed by atoms with Crippen LogP contribution < -0.4 is 25.0 Å². The lowest BCUT2D eigenvalue weighted by Crippen LogP contribution is -2.43. The maximum atomic E-state index is 12.4. The lowest BCUT2D eigenvalue weighted by atomic mass is 10.1. The molecule has 2 aromatic rings. The van der Waals surface area contributed by atoms with Gasteiger partial charge in [0.25, 0.3) is 0 Å². The van der Waals surface area contributed by atoms with Gasteiger partial charge in [-0.1, -0.05) is 30.3 Å². The Hall–Kier alpha value is -3.22. The molecule has 3 rings (SSSR count). The van der Waals surface area contributed by atoms with Crippen LogP contribution in [-0.2, 0) is 11.2 Å². The third-order valence-electron chi connectivity index (χ3n) is 4.68. The third kappa shape index (κ3) is 4.73. The van der Waals surface area contributed by atoms with E-state index in [0.717, 1.165) is 12.1 Å². The van der Waals surface area contributed by atoms with Gasteiger partial charge in [0.1, 0.15) is 0 Å². The molecular weight excluding hydrogens is 358 g/mol. The van der Waals surface area contributed by atoms with Crippen LogP contribution in [0.2, 0.25) is 0 Å². The molecule has 7 nitrogen and oxygen atoms in total. The molecular formula is C21H25N3O4. The molecule has 7 heteroatoms. The van der Waals surface area contributed by atoms with Gasteiger partial charge in [0.15, 0.2) is 11.5 Å². The molecule has 1 fully saturated rings. The fourth-order valence-electron chi connectivity index (χ4n) is 3.25. The van der Waals surface area contributed by atoms with Gasteiger partial charge in [0, 0.05) is 31.3 Å². The molecule has 0 spiro atoms. The zero-order chi connectivity index (χ0) is 19.9. The smallest absolute Gasteiger partial charge is 0.315 e. The van der Waals surface area contributed by atoms with Crippen molar-refractivity contribution in [1.82, 2.24) is 10.6 Å². The van der Waals surface area contributed by atoms with E-state index in [0.29, 0.717) is 24.6 Å². The minimum atomic E-state index is -0.261. The topological polar surface area (TPSA) is 79.9 Å². The average molecular weight is 383 g/mol. The van der Waals surface area contributed by atoms with Crippen molar-refractivity contribution in [3.63, 3.8) is 0 Å². The lowest BCUT2D eigenvalue weighted by molar-refractivity contribution is -0.117. The lowest BCUT2D eigenvalue weighted by Gasteiger charge is -2.19. The van der Waals surface area contributed by atoms with Crippen molar-refractivity contribution in [2.45, 2.75) is 18.9 Å². The number of anilines is 1. The van der Waals surface area contributed by atoms with Crippen LogP contribution in [0.15, 0.2) is 48.5 Å². The standard InChI is InChI=1S/C21H25N3O4/c1-27-18-9-8-17(13-19(18)28-2)24-14-16(12-20(24)25)23-21(26)22-11-10-15-6-4-3-5-7-15/h3-9,13,16H,10-12,14H2,1-2H3,(H2,22,23,26)/t16-/m1/s1. The Morgan fingerprint density at radius 3 is 2.57 bits per heavy atom. The molecule has 0 unspecified atom stereocenters. The first-order valence-corrected chi connectivity index (χ1v) is 9.21. The first kappa shape index (κ1) is 19.5. The van der Waals surface area contributed by atoms with E-state index in [1.165, 1.54) is 5.56 Å². The number of benzene rings is 2. The van der Waals surface area contributed by atoms with Crippen LogP contribution in [0.25, 0.3) is 0 Å². The number of urea groups is 1. The van der Waals surface area contributed by atoms with Crippen molar-refractivity contribution in [3.05, 3.63) is 54.1 Å². The van der Waals surface area contributed by atoms with Crippen LogP contribution in [0.4, 0.5) is 10.5 Å². The van der Waals surface area contributed by atoms with Crippen LogP contribution in [0.5, 0.6) is 11.5 Å². The molecule has 3 amide bonds. The number of hydrogen-bond donors (Lipinski definition) is 2. The Balaban J connectivity index is 1.52. The summed E-state index contributed by atoms with van der Waals surface area (Å²) in [5, 5.41) is 5.72. The number of nitrogens with zero attached hydrogens (tertiary/aromatic N) is 1. The molecule has 0 bridgehead atoms. The minimum Gasteiger partial charge on any atom is -0.493 e. The fourth-order valence-corrected chi connectivity index (χ4v) is 3.25. The first-order valence-electron chi connectivity index (χ1n) is 9.21. The van der Waals surface area contributed by atoms with Crippen molar-refractivity contribution in [2.75, 3.05) is 32.2 Å². The number of amides is 3. The van der Waals surface area contributed by atoms with Crippen molar-refractivity contribution in [2.24, 2.45) is 0 Å². The van der Waals surface area contributed by atoms with E-state index < -0.39 is 0 Å². The number of hydrogen-bond acceptors (Lipinski definition) is 4. The SMILES string of the molecule is COc1ccc(N2C[C@H](NC(=O)NCCc3ccccc3)CC2=O)cc1OC. The number of carbonyl (C=O) groups is 2. The largest absolute Gasteiger partial charge is 0.493 e. The highest BCUT2D eigenvalue weighted by Gasteiger charge is 2.32. The summed E-state index contributed by atoms with van der Waals surface area (Å²) in [4.78, 5) is 26.2. The predicted octanol–water partition coefficient (Wildman–Crippen LogP) is 2.35. The van der Waals surface area contributed by atoms with Crippen LogP contribution in [0.3, 0.4) is 0 Å². The van der Waals surface area contributed by atoms with Gasteiger partial charge in [0.05, 0.1) is 20.3 Å². The average Bonchev–Trinajstić information content (AvgIpc) is 3.08. The molecule has 1 aliphatic heterocycles. The maximum Gasteiger partial charge on any atom is 0.315 e. The van der Waals surface area contributed by atoms with Crippen LogP contribution in [-0.4, -0.2) is 45.3 Å². The summed E-state index contributed by atoms with van der Waals surface area (Å²) in [6, 6.07) is 14.8. The first-order chi connectivity index (χ1) is 13.6. The monoisotopic (exact) mass is 383 g/mol. The summed E-state index contributed by atoms with van der Waals surface area (Å²) in [5.74, 6) is 1.12. The number of methoxy groups -OCH3 is 2. The highest BCUT2D eigenvalue weighted by Crippen LogP contribution is 2.33. The molecule has 148 valence electrons. The molecule has 1 saturated heterocycles. The molecule has 2 aromatic carbocycles. The van der Waals surface area contributed by atoms with Crippen molar-refractivity contribution >= 4 is 17.6 Å². The van der Waals surface area contributed by atoms with Crippen molar-refractivity contribution in [3.8, 4) is 11.5 Å². The number of rotatable bonds is 7. The van der Waals surface area contributed by atoms with E-state index in [2.05, 4.69) is 10.6 Å². The number of ether oxygens (including phenoxy) is 2. The Bertz CT molecular complexity index is 826. The second kappa shape index (κ2) is 9.12. The molecule has 2 N–H and O–H groups in total. The second-order valence-corrected chi connectivity index (χ2v) is 6.58. The van der Waals surface area contributed by atoms with E-state index in [4.69, 9.17) is 9.47 Å². The van der Waals surface area contributed by atoms with Gasteiger partial charge in [-0.2, -0.15) is 0 Å². The Kier molecular flexibility index (Phi) is 6.37. The highest BCUT2D eigenvalue weighted by atomic mass is 16.5. The third-order valence-corrected chi connectivity index (χ3v) is 4.68. The Morgan fingerprint density at radius 2 is 1.86 bits per heavy atom. The molecule has 0 aliphatic carbocycles. The molecule has 1 heterocycles. The van der Waals surface area contributed by atoms with E-state index in [1.54, 1.807) is 31.3 Å². The molecule has 0 radical (unpaired) electrons. The Morgan fingerprint density at radius 1 is 1.11 bits per heavy atom. The van der Waals surface area contributed by atoms with Crippen molar-refractivity contribution < 1.29 is 19.1 Å². The summed E-state index contributed by atoms with van der Waals surface area (Å²) in [6.45, 7) is 0.955. The zero-order valence-corrected chi connectivity index (χ0v) is 16.1. The summed E-state index contributed by atoms with van der Waals surface area (Å²) < 4.78 is 10.5. The summed E-state index contributed by atoms with van der Waals surface area (Å²) in [7, 11) is 3.12. The fraction of sp³-hybridized carbons (Fsp3) is 0.333. The molecule has 1 aliphatic rings. The number of nitrogens with one attached hydrogen (secondary N) is 2. The van der Waals surface area contributed by atoms with E-state index in [-0.39, 0.29) is 24.4 Å². The summed E-state index contributed by atoms with van der Waals surface area (Å²) in [5.41, 5.74) is 1.88. The predicted molar refractivity (Wildman–Crippen MR) is 107 cm³/mol. The quantitative estimate of drug-likeness (QED) is 0.769. The van der Waals surface area contributed by atoms with Gasteiger partial charge in [-0.15, -0.1) is 0 Å². The zero-order valence-electron chi connectivity index (χ0n) is 16.1. The van der Waals surface area contributed by atoms with Gasteiger partial charge in [0.2, 0.25) is 5.91 Å². The Labute approximate surface area is 164 Å². The van der Waals surface area contributed by atoms with Crippen LogP contribution in [0, 0.1) is 0 Å². The normalized spacial score (nSPS) is 16.0. The molecule has 1 atom stereocenters. The van der Waals surface area contributed by atoms with Crippen molar-refractivity contribution in [1.29, 1.82) is 0 Å². The molecule has 0 saturated carbocycles. The number of carbonyl (C=O) groups excluding carboxylic acids is 2. The van der Waals surface area contributed by atoms with E-state index >= 15 is 0 Å². The summed E-state index contributed by atoms with van der Waals surface area (Å²) >= 11 is 0. The van der Waals surface area contributed by atoms with Crippen LogP contribution in [0.1, 0.15) is 12.0 Å².